The van der Waals surface area contributed by atoms with E-state index in [1.807, 2.05) is 48.5 Å². The lowest BCUT2D eigenvalue weighted by Crippen LogP contribution is -2.28. The largest absolute Gasteiger partial charge is 0.436 e. The zero-order valence-corrected chi connectivity index (χ0v) is 27.0. The average molecular weight is 640 g/mol. The molecule has 0 atom stereocenters. The molecule has 234 valence electrons. The lowest BCUT2D eigenvalue weighted by molar-refractivity contribution is 0.618. The summed E-state index contributed by atoms with van der Waals surface area (Å²) in [5.74, 6) is 1.32. The van der Waals surface area contributed by atoms with Gasteiger partial charge in [0.05, 0.1) is 16.6 Å². The minimum Gasteiger partial charge on any atom is -0.436 e. The molecule has 9 aromatic rings. The van der Waals surface area contributed by atoms with Crippen LogP contribution in [0.2, 0.25) is 0 Å². The highest BCUT2D eigenvalue weighted by molar-refractivity contribution is 5.94. The van der Waals surface area contributed by atoms with E-state index in [1.165, 1.54) is 22.3 Å². The molecule has 1 aliphatic carbocycles. The first kappa shape index (κ1) is 28.4. The summed E-state index contributed by atoms with van der Waals surface area (Å²) in [6.07, 6.45) is 0. The molecule has 0 bridgehead atoms. The van der Waals surface area contributed by atoms with Crippen LogP contribution in [-0.2, 0) is 5.41 Å². The van der Waals surface area contributed by atoms with E-state index < -0.39 is 5.41 Å². The summed E-state index contributed by atoms with van der Waals surface area (Å²) >= 11 is 0. The van der Waals surface area contributed by atoms with Gasteiger partial charge in [0.15, 0.2) is 11.4 Å². The Kier molecular flexibility index (Phi) is 6.36. The van der Waals surface area contributed by atoms with Gasteiger partial charge < -0.3 is 4.42 Å². The van der Waals surface area contributed by atoms with Gasteiger partial charge in [0.2, 0.25) is 5.89 Å². The maximum absolute atomic E-state index is 6.44. The third kappa shape index (κ3) is 4.28. The lowest BCUT2D eigenvalue weighted by atomic mass is 9.67. The fraction of sp³-hybridized carbons (Fsp3) is 0.0217. The highest BCUT2D eigenvalue weighted by atomic mass is 16.3. The van der Waals surface area contributed by atoms with Crippen molar-refractivity contribution in [1.29, 1.82) is 0 Å². The summed E-state index contributed by atoms with van der Waals surface area (Å²) in [7, 11) is 0. The summed E-state index contributed by atoms with van der Waals surface area (Å²) in [6.45, 7) is 0. The van der Waals surface area contributed by atoms with Gasteiger partial charge in [0.25, 0.3) is 0 Å². The van der Waals surface area contributed by atoms with E-state index in [-0.39, 0.29) is 0 Å². The van der Waals surface area contributed by atoms with E-state index in [9.17, 15) is 0 Å². The van der Waals surface area contributed by atoms with Gasteiger partial charge >= 0.3 is 0 Å². The number of nitrogens with zero attached hydrogens (tertiary/aromatic N) is 3. The van der Waals surface area contributed by atoms with Gasteiger partial charge in [-0.15, -0.1) is 0 Å². The second-order valence-corrected chi connectivity index (χ2v) is 12.8. The van der Waals surface area contributed by atoms with Gasteiger partial charge in [0.1, 0.15) is 5.52 Å². The first-order valence-corrected chi connectivity index (χ1v) is 16.9. The first-order chi connectivity index (χ1) is 24.8. The quantitative estimate of drug-likeness (QED) is 0.188. The molecule has 4 heteroatoms. The number of para-hydroxylation sites is 1. The predicted octanol–water partition coefficient (Wildman–Crippen LogP) is 11.1. The zero-order chi connectivity index (χ0) is 33.1. The second-order valence-electron chi connectivity index (χ2n) is 12.8. The van der Waals surface area contributed by atoms with Crippen molar-refractivity contribution in [3.8, 4) is 45.2 Å². The Morgan fingerprint density at radius 1 is 0.420 bits per heavy atom. The van der Waals surface area contributed by atoms with E-state index >= 15 is 0 Å². The number of fused-ring (bicyclic) bond motifs is 5. The van der Waals surface area contributed by atoms with Gasteiger partial charge in [-0.2, -0.15) is 0 Å². The van der Waals surface area contributed by atoms with Crippen LogP contribution in [0.15, 0.2) is 180 Å². The highest BCUT2D eigenvalue weighted by Crippen LogP contribution is 2.56. The van der Waals surface area contributed by atoms with Crippen LogP contribution in [0.5, 0.6) is 0 Å². The molecule has 0 spiro atoms. The third-order valence-electron chi connectivity index (χ3n) is 10.0. The highest BCUT2D eigenvalue weighted by Gasteiger charge is 2.46. The van der Waals surface area contributed by atoms with Gasteiger partial charge in [-0.3, -0.25) is 0 Å². The van der Waals surface area contributed by atoms with Gasteiger partial charge in [-0.05, 0) is 63.7 Å². The van der Waals surface area contributed by atoms with Gasteiger partial charge in [0, 0.05) is 22.1 Å². The van der Waals surface area contributed by atoms with E-state index in [4.69, 9.17) is 19.4 Å². The van der Waals surface area contributed by atoms with Crippen LogP contribution in [0.25, 0.3) is 67.2 Å². The number of oxazole rings is 1. The standard InChI is InChI=1S/C46H29N3O/c1-3-13-30(14-4-1)43-37-19-9-12-22-40(37)47-44(49-43)31-23-25-33(26-24-31)46(38-20-10-7-17-35(38)36-18-8-11-21-39(36)46)34-27-28-41-42(29-34)50-45(48-41)32-15-5-2-6-16-32/h1-29H. The fourth-order valence-corrected chi connectivity index (χ4v) is 7.78. The molecule has 0 saturated carbocycles. The number of benzene rings is 7. The van der Waals surface area contributed by atoms with Crippen LogP contribution in [0.1, 0.15) is 22.3 Å². The summed E-state index contributed by atoms with van der Waals surface area (Å²) in [6, 6.07) is 61.5. The molecule has 0 unspecified atom stereocenters. The minimum absolute atomic E-state index is 0.584. The molecule has 0 radical (unpaired) electrons. The molecule has 1 aliphatic rings. The molecule has 7 aromatic carbocycles. The normalized spacial score (nSPS) is 13.0. The van der Waals surface area contributed by atoms with Crippen LogP contribution >= 0.6 is 0 Å². The topological polar surface area (TPSA) is 51.8 Å². The smallest absolute Gasteiger partial charge is 0.227 e. The Hall–Kier alpha value is -6.65. The Morgan fingerprint density at radius 3 is 1.74 bits per heavy atom. The Labute approximate surface area is 289 Å². The van der Waals surface area contributed by atoms with E-state index in [0.29, 0.717) is 11.7 Å². The monoisotopic (exact) mass is 639 g/mol. The van der Waals surface area contributed by atoms with Crippen molar-refractivity contribution >= 4 is 22.0 Å². The maximum atomic E-state index is 6.44. The SMILES string of the molecule is c1ccc(-c2nc3ccc(C4(c5ccc(-c6nc(-c7ccccc7)c7ccccc7n6)cc5)c5ccccc5-c5ccccc54)cc3o2)cc1. The van der Waals surface area contributed by atoms with Crippen molar-refractivity contribution < 1.29 is 4.42 Å². The van der Waals surface area contributed by atoms with Crippen molar-refractivity contribution in [2.75, 3.05) is 0 Å². The Balaban J connectivity index is 1.17. The third-order valence-corrected chi connectivity index (χ3v) is 10.0. The minimum atomic E-state index is -0.584. The molecular weight excluding hydrogens is 611 g/mol. The first-order valence-electron chi connectivity index (χ1n) is 16.9. The molecule has 0 amide bonds. The maximum Gasteiger partial charge on any atom is 0.227 e. The van der Waals surface area contributed by atoms with Crippen molar-refractivity contribution in [1.82, 2.24) is 15.0 Å². The summed E-state index contributed by atoms with van der Waals surface area (Å²) in [4.78, 5) is 15.0. The van der Waals surface area contributed by atoms with Crippen LogP contribution in [0, 0.1) is 0 Å². The number of hydrogen-bond donors (Lipinski definition) is 0. The summed E-state index contributed by atoms with van der Waals surface area (Å²) in [5, 5.41) is 1.04. The second kappa shape index (κ2) is 11.2. The van der Waals surface area contributed by atoms with Crippen LogP contribution in [-0.4, -0.2) is 15.0 Å². The lowest BCUT2D eigenvalue weighted by Gasteiger charge is -2.33. The molecule has 0 aliphatic heterocycles. The van der Waals surface area contributed by atoms with Crippen LogP contribution in [0.4, 0.5) is 0 Å². The molecule has 50 heavy (non-hydrogen) atoms. The van der Waals surface area contributed by atoms with Gasteiger partial charge in [-0.25, -0.2) is 15.0 Å². The number of aromatic nitrogens is 3. The molecule has 2 heterocycles. The average Bonchev–Trinajstić information content (AvgIpc) is 3.76. The Morgan fingerprint density at radius 2 is 1.02 bits per heavy atom. The zero-order valence-electron chi connectivity index (χ0n) is 27.0. The summed E-state index contributed by atoms with van der Waals surface area (Å²) in [5.41, 5.74) is 13.1. The number of rotatable bonds is 5. The number of hydrogen-bond acceptors (Lipinski definition) is 4. The van der Waals surface area contributed by atoms with E-state index in [0.717, 1.165) is 55.5 Å². The molecule has 0 fully saturated rings. The molecule has 4 nitrogen and oxygen atoms in total. The molecule has 0 saturated heterocycles. The molecule has 2 aromatic heterocycles. The van der Waals surface area contributed by atoms with Crippen molar-refractivity contribution in [2.24, 2.45) is 0 Å². The predicted molar refractivity (Wildman–Crippen MR) is 201 cm³/mol. The van der Waals surface area contributed by atoms with E-state index in [2.05, 4.69) is 127 Å². The fourth-order valence-electron chi connectivity index (χ4n) is 7.78. The van der Waals surface area contributed by atoms with Gasteiger partial charge in [-0.1, -0.05) is 146 Å². The summed E-state index contributed by atoms with van der Waals surface area (Å²) < 4.78 is 6.44. The molecule has 10 rings (SSSR count). The van der Waals surface area contributed by atoms with E-state index in [1.54, 1.807) is 0 Å². The van der Waals surface area contributed by atoms with Crippen LogP contribution in [0.3, 0.4) is 0 Å². The molecular formula is C46H29N3O. The van der Waals surface area contributed by atoms with Crippen molar-refractivity contribution in [3.05, 3.63) is 198 Å². The molecule has 0 N–H and O–H groups in total. The van der Waals surface area contributed by atoms with Crippen molar-refractivity contribution in [2.45, 2.75) is 5.41 Å². The Bertz CT molecular complexity index is 2650. The van der Waals surface area contributed by atoms with Crippen molar-refractivity contribution in [3.63, 3.8) is 0 Å². The van der Waals surface area contributed by atoms with Crippen LogP contribution < -0.4 is 0 Å².